The highest BCUT2D eigenvalue weighted by Gasteiger charge is 2.28. The summed E-state index contributed by atoms with van der Waals surface area (Å²) in [5, 5.41) is 9.34. The number of hydrogen-bond acceptors (Lipinski definition) is 3. The van der Waals surface area contributed by atoms with Gasteiger partial charge in [0.2, 0.25) is 0 Å². The summed E-state index contributed by atoms with van der Waals surface area (Å²) in [6, 6.07) is 5.42. The third kappa shape index (κ3) is 3.19. The maximum atomic E-state index is 11.4. The van der Waals surface area contributed by atoms with Gasteiger partial charge in [0.25, 0.3) is 0 Å². The lowest BCUT2D eigenvalue weighted by atomic mass is 10.1. The monoisotopic (exact) mass is 263 g/mol. The number of ether oxygens (including phenoxy) is 1. The van der Waals surface area contributed by atoms with E-state index in [1.807, 2.05) is 6.07 Å². The van der Waals surface area contributed by atoms with Crippen LogP contribution in [0.1, 0.15) is 37.0 Å². The molecule has 1 aliphatic carbocycles. The SMILES string of the molecule is COc1ccc(C(=O)O)c(N(CC2CC2)C(C)C)c1. The molecule has 19 heavy (non-hydrogen) atoms. The number of benzene rings is 1. The van der Waals surface area contributed by atoms with E-state index in [4.69, 9.17) is 4.74 Å². The molecular weight excluding hydrogens is 242 g/mol. The largest absolute Gasteiger partial charge is 0.497 e. The summed E-state index contributed by atoms with van der Waals surface area (Å²) in [5.41, 5.74) is 1.10. The van der Waals surface area contributed by atoms with Crippen molar-refractivity contribution in [1.29, 1.82) is 0 Å². The molecule has 0 unspecified atom stereocenters. The van der Waals surface area contributed by atoms with Gasteiger partial charge in [-0.15, -0.1) is 0 Å². The molecule has 104 valence electrons. The molecule has 1 aromatic carbocycles. The number of carboxylic acid groups (broad SMARTS) is 1. The van der Waals surface area contributed by atoms with Crippen molar-refractivity contribution in [2.45, 2.75) is 32.7 Å². The van der Waals surface area contributed by atoms with Gasteiger partial charge < -0.3 is 14.7 Å². The maximum absolute atomic E-state index is 11.4. The number of rotatable bonds is 6. The first kappa shape index (κ1) is 13.7. The molecule has 1 aliphatic rings. The van der Waals surface area contributed by atoms with Crippen molar-refractivity contribution in [3.8, 4) is 5.75 Å². The third-order valence-corrected chi connectivity index (χ3v) is 3.52. The molecule has 4 heteroatoms. The highest BCUT2D eigenvalue weighted by Crippen LogP contribution is 2.34. The summed E-state index contributed by atoms with van der Waals surface area (Å²) in [6.45, 7) is 5.10. The maximum Gasteiger partial charge on any atom is 0.337 e. The Morgan fingerprint density at radius 2 is 2.16 bits per heavy atom. The van der Waals surface area contributed by atoms with Crippen LogP contribution in [0.5, 0.6) is 5.75 Å². The summed E-state index contributed by atoms with van der Waals surface area (Å²) in [5.74, 6) is 0.510. The van der Waals surface area contributed by atoms with Gasteiger partial charge in [0.1, 0.15) is 5.75 Å². The van der Waals surface area contributed by atoms with Crippen LogP contribution in [0.4, 0.5) is 5.69 Å². The second kappa shape index (κ2) is 5.51. The molecule has 0 aromatic heterocycles. The number of anilines is 1. The molecule has 0 bridgehead atoms. The van der Waals surface area contributed by atoms with Crippen molar-refractivity contribution in [2.75, 3.05) is 18.6 Å². The average Bonchev–Trinajstić information content (AvgIpc) is 3.18. The van der Waals surface area contributed by atoms with Gasteiger partial charge in [-0.25, -0.2) is 4.79 Å². The molecule has 0 heterocycles. The Balaban J connectivity index is 2.39. The second-order valence-electron chi connectivity index (χ2n) is 5.38. The molecule has 1 aromatic rings. The number of methoxy groups -OCH3 is 1. The lowest BCUT2D eigenvalue weighted by molar-refractivity contribution is 0.0697. The summed E-state index contributed by atoms with van der Waals surface area (Å²) >= 11 is 0. The Hall–Kier alpha value is -1.71. The van der Waals surface area contributed by atoms with Crippen LogP contribution in [-0.2, 0) is 0 Å². The molecule has 1 N–H and O–H groups in total. The van der Waals surface area contributed by atoms with E-state index in [1.165, 1.54) is 12.8 Å². The van der Waals surface area contributed by atoms with Gasteiger partial charge >= 0.3 is 5.97 Å². The fraction of sp³-hybridized carbons (Fsp3) is 0.533. The van der Waals surface area contributed by atoms with Gasteiger partial charge in [-0.1, -0.05) is 0 Å². The van der Waals surface area contributed by atoms with E-state index in [1.54, 1.807) is 19.2 Å². The molecule has 0 atom stereocenters. The fourth-order valence-corrected chi connectivity index (χ4v) is 2.22. The lowest BCUT2D eigenvalue weighted by Crippen LogP contribution is -2.34. The minimum atomic E-state index is -0.890. The molecular formula is C15H21NO3. The summed E-state index contributed by atoms with van der Waals surface area (Å²) in [4.78, 5) is 13.6. The van der Waals surface area contributed by atoms with Gasteiger partial charge in [0.15, 0.2) is 0 Å². The normalized spacial score (nSPS) is 14.5. The molecule has 4 nitrogen and oxygen atoms in total. The highest BCUT2D eigenvalue weighted by atomic mass is 16.5. The lowest BCUT2D eigenvalue weighted by Gasteiger charge is -2.30. The van der Waals surface area contributed by atoms with E-state index in [0.29, 0.717) is 17.2 Å². The quantitative estimate of drug-likeness (QED) is 0.857. The standard InChI is InChI=1S/C15H21NO3/c1-10(2)16(9-11-4-5-11)14-8-12(19-3)6-7-13(14)15(17)18/h6-8,10-11H,4-5,9H2,1-3H3,(H,17,18). The van der Waals surface area contributed by atoms with E-state index >= 15 is 0 Å². The smallest absolute Gasteiger partial charge is 0.337 e. The van der Waals surface area contributed by atoms with Crippen molar-refractivity contribution in [2.24, 2.45) is 5.92 Å². The van der Waals surface area contributed by atoms with Crippen molar-refractivity contribution < 1.29 is 14.6 Å². The van der Waals surface area contributed by atoms with Crippen molar-refractivity contribution >= 4 is 11.7 Å². The van der Waals surface area contributed by atoms with Crippen LogP contribution < -0.4 is 9.64 Å². The zero-order chi connectivity index (χ0) is 14.0. The van der Waals surface area contributed by atoms with E-state index < -0.39 is 5.97 Å². The molecule has 0 radical (unpaired) electrons. The molecule has 0 saturated heterocycles. The first-order valence-electron chi connectivity index (χ1n) is 6.71. The minimum Gasteiger partial charge on any atom is -0.497 e. The van der Waals surface area contributed by atoms with E-state index in [2.05, 4.69) is 18.7 Å². The number of nitrogens with zero attached hydrogens (tertiary/aromatic N) is 1. The first-order chi connectivity index (χ1) is 9.02. The summed E-state index contributed by atoms with van der Waals surface area (Å²) in [7, 11) is 1.60. The van der Waals surface area contributed by atoms with Gasteiger partial charge in [-0.2, -0.15) is 0 Å². The van der Waals surface area contributed by atoms with Crippen LogP contribution in [-0.4, -0.2) is 30.8 Å². The first-order valence-corrected chi connectivity index (χ1v) is 6.71. The Morgan fingerprint density at radius 1 is 1.47 bits per heavy atom. The number of carbonyl (C=O) groups is 1. The van der Waals surface area contributed by atoms with E-state index in [9.17, 15) is 9.90 Å². The molecule has 0 spiro atoms. The van der Waals surface area contributed by atoms with Gasteiger partial charge in [-0.3, -0.25) is 0 Å². The van der Waals surface area contributed by atoms with Crippen LogP contribution in [0.2, 0.25) is 0 Å². The second-order valence-corrected chi connectivity index (χ2v) is 5.38. The van der Waals surface area contributed by atoms with Crippen LogP contribution in [0, 0.1) is 5.92 Å². The Kier molecular flexibility index (Phi) is 3.98. The number of hydrogen-bond donors (Lipinski definition) is 1. The Bertz CT molecular complexity index is 466. The van der Waals surface area contributed by atoms with Crippen molar-refractivity contribution in [1.82, 2.24) is 0 Å². The predicted molar refractivity (Wildman–Crippen MR) is 75.2 cm³/mol. The zero-order valence-corrected chi connectivity index (χ0v) is 11.7. The number of aromatic carboxylic acids is 1. The van der Waals surface area contributed by atoms with Crippen LogP contribution in [0.3, 0.4) is 0 Å². The average molecular weight is 263 g/mol. The van der Waals surface area contributed by atoms with Crippen LogP contribution in [0.25, 0.3) is 0 Å². The van der Waals surface area contributed by atoms with Gasteiger partial charge in [-0.05, 0) is 44.7 Å². The molecule has 1 saturated carbocycles. The van der Waals surface area contributed by atoms with Crippen LogP contribution >= 0.6 is 0 Å². The topological polar surface area (TPSA) is 49.8 Å². The fourth-order valence-electron chi connectivity index (χ4n) is 2.22. The molecule has 0 amide bonds. The Morgan fingerprint density at radius 3 is 2.63 bits per heavy atom. The van der Waals surface area contributed by atoms with Crippen LogP contribution in [0.15, 0.2) is 18.2 Å². The molecule has 2 rings (SSSR count). The Labute approximate surface area is 114 Å². The summed E-state index contributed by atoms with van der Waals surface area (Å²) < 4.78 is 5.22. The van der Waals surface area contributed by atoms with Crippen molar-refractivity contribution in [3.05, 3.63) is 23.8 Å². The van der Waals surface area contributed by atoms with Gasteiger partial charge in [0.05, 0.1) is 18.4 Å². The summed E-state index contributed by atoms with van der Waals surface area (Å²) in [6.07, 6.45) is 2.49. The van der Waals surface area contributed by atoms with Crippen molar-refractivity contribution in [3.63, 3.8) is 0 Å². The molecule has 1 fully saturated rings. The van der Waals surface area contributed by atoms with E-state index in [0.717, 1.165) is 12.2 Å². The third-order valence-electron chi connectivity index (χ3n) is 3.52. The highest BCUT2D eigenvalue weighted by molar-refractivity contribution is 5.95. The van der Waals surface area contributed by atoms with Gasteiger partial charge in [0, 0.05) is 18.7 Å². The predicted octanol–water partition coefficient (Wildman–Crippen LogP) is 3.02. The van der Waals surface area contributed by atoms with E-state index in [-0.39, 0.29) is 6.04 Å². The number of carboxylic acids is 1. The molecule has 0 aliphatic heterocycles. The minimum absolute atomic E-state index is 0.269. The zero-order valence-electron chi connectivity index (χ0n) is 11.7.